The van der Waals surface area contributed by atoms with Crippen LogP contribution in [0.4, 0.5) is 0 Å². The average Bonchev–Trinajstić information content (AvgIpc) is 3.30. The van der Waals surface area contributed by atoms with Gasteiger partial charge in [0.05, 0.1) is 25.3 Å². The zero-order valence-corrected chi connectivity index (χ0v) is 38.2. The lowest BCUT2D eigenvalue weighted by molar-refractivity contribution is -0.125. The van der Waals surface area contributed by atoms with Gasteiger partial charge < -0.3 is 30.7 Å². The van der Waals surface area contributed by atoms with E-state index in [0.29, 0.717) is 39.0 Å². The molecule has 0 bridgehead atoms. The first-order valence-corrected chi connectivity index (χ1v) is 24.1. The van der Waals surface area contributed by atoms with Crippen molar-refractivity contribution >= 4 is 11.8 Å². The van der Waals surface area contributed by atoms with Gasteiger partial charge in [-0.15, -0.1) is 0 Å². The highest BCUT2D eigenvalue weighted by molar-refractivity contribution is 5.83. The predicted octanol–water partition coefficient (Wildman–Crippen LogP) is 11.1. The van der Waals surface area contributed by atoms with Gasteiger partial charge in [0, 0.05) is 26.2 Å². The molecule has 0 radical (unpaired) electrons. The van der Waals surface area contributed by atoms with E-state index in [1.165, 1.54) is 89.9 Å². The SMILES string of the molecule is CCCCCCCCCCOc1ccc(CN[C@@H](Cc2ccccc2)C(=O)NCCNC(=O)[C@H](Cc2ccccc2)NCc2ccc(OCCCCCCCCCC)cc2)cc1. The monoisotopic (exact) mass is 847 g/mol. The summed E-state index contributed by atoms with van der Waals surface area (Å²) in [4.78, 5) is 27.2. The Balaban J connectivity index is 1.20. The van der Waals surface area contributed by atoms with Crippen LogP contribution < -0.4 is 30.7 Å². The molecule has 0 spiro atoms. The maximum atomic E-state index is 13.6. The molecule has 0 aromatic heterocycles. The molecule has 0 aliphatic heterocycles. The summed E-state index contributed by atoms with van der Waals surface area (Å²) < 4.78 is 12.0. The van der Waals surface area contributed by atoms with Crippen molar-refractivity contribution in [3.63, 3.8) is 0 Å². The Kier molecular flexibility index (Phi) is 25.9. The van der Waals surface area contributed by atoms with E-state index in [0.717, 1.165) is 59.8 Å². The lowest BCUT2D eigenvalue weighted by atomic mass is 10.0. The topological polar surface area (TPSA) is 101 Å². The van der Waals surface area contributed by atoms with Gasteiger partial charge >= 0.3 is 0 Å². The van der Waals surface area contributed by atoms with Crippen LogP contribution in [0.15, 0.2) is 109 Å². The molecule has 8 nitrogen and oxygen atoms in total. The number of nitrogens with one attached hydrogen (secondary N) is 4. The molecule has 2 amide bonds. The number of hydrogen-bond acceptors (Lipinski definition) is 6. The molecule has 0 heterocycles. The van der Waals surface area contributed by atoms with Gasteiger partial charge in [-0.2, -0.15) is 0 Å². The Morgan fingerprint density at radius 1 is 0.419 bits per heavy atom. The van der Waals surface area contributed by atoms with E-state index >= 15 is 0 Å². The number of ether oxygens (including phenoxy) is 2. The number of amides is 2. The molecule has 2 atom stereocenters. The van der Waals surface area contributed by atoms with Crippen LogP contribution in [0, 0.1) is 0 Å². The Morgan fingerprint density at radius 2 is 0.758 bits per heavy atom. The third-order valence-corrected chi connectivity index (χ3v) is 11.4. The molecule has 4 N–H and O–H groups in total. The molecular formula is C54H78N4O4. The Hall–Kier alpha value is -4.66. The van der Waals surface area contributed by atoms with Gasteiger partial charge in [-0.25, -0.2) is 0 Å². The van der Waals surface area contributed by atoms with E-state index in [1.807, 2.05) is 84.9 Å². The molecule has 4 aromatic rings. The number of benzene rings is 4. The fraction of sp³-hybridized carbons (Fsp3) is 0.519. The number of rotatable bonds is 35. The van der Waals surface area contributed by atoms with Crippen molar-refractivity contribution < 1.29 is 19.1 Å². The lowest BCUT2D eigenvalue weighted by Crippen LogP contribution is -2.49. The Bertz CT molecular complexity index is 1590. The maximum absolute atomic E-state index is 13.6. The fourth-order valence-electron chi connectivity index (χ4n) is 7.57. The summed E-state index contributed by atoms with van der Waals surface area (Å²) in [6.45, 7) is 7.71. The van der Waals surface area contributed by atoms with Crippen molar-refractivity contribution in [2.75, 3.05) is 26.3 Å². The van der Waals surface area contributed by atoms with E-state index in [2.05, 4.69) is 59.4 Å². The molecule has 4 aromatic carbocycles. The molecule has 0 aliphatic rings. The molecule has 338 valence electrons. The molecule has 0 saturated carbocycles. The highest BCUT2D eigenvalue weighted by Crippen LogP contribution is 2.17. The normalized spacial score (nSPS) is 12.1. The summed E-state index contributed by atoms with van der Waals surface area (Å²) in [5, 5.41) is 13.1. The maximum Gasteiger partial charge on any atom is 0.237 e. The first-order chi connectivity index (χ1) is 30.5. The summed E-state index contributed by atoms with van der Waals surface area (Å²) in [6.07, 6.45) is 21.6. The van der Waals surface area contributed by atoms with Crippen LogP contribution in [0.25, 0.3) is 0 Å². The highest BCUT2D eigenvalue weighted by Gasteiger charge is 2.21. The van der Waals surface area contributed by atoms with Crippen molar-refractivity contribution in [3.8, 4) is 11.5 Å². The molecule has 62 heavy (non-hydrogen) atoms. The molecule has 8 heteroatoms. The van der Waals surface area contributed by atoms with Gasteiger partial charge in [0.2, 0.25) is 11.8 Å². The summed E-state index contributed by atoms with van der Waals surface area (Å²) >= 11 is 0. The predicted molar refractivity (Wildman–Crippen MR) is 257 cm³/mol. The van der Waals surface area contributed by atoms with E-state index in [4.69, 9.17) is 9.47 Å². The number of carbonyl (C=O) groups excluding carboxylic acids is 2. The molecule has 0 fully saturated rings. The van der Waals surface area contributed by atoms with Crippen LogP contribution in [0.1, 0.15) is 139 Å². The minimum Gasteiger partial charge on any atom is -0.494 e. The van der Waals surface area contributed by atoms with Crippen LogP contribution in [0.5, 0.6) is 11.5 Å². The van der Waals surface area contributed by atoms with Crippen molar-refractivity contribution in [2.45, 2.75) is 155 Å². The van der Waals surface area contributed by atoms with Gasteiger partial charge in [0.1, 0.15) is 11.5 Å². The smallest absolute Gasteiger partial charge is 0.237 e. The lowest BCUT2D eigenvalue weighted by Gasteiger charge is -2.21. The third kappa shape index (κ3) is 21.9. The van der Waals surface area contributed by atoms with E-state index < -0.39 is 12.1 Å². The van der Waals surface area contributed by atoms with Gasteiger partial charge in [-0.1, -0.05) is 189 Å². The van der Waals surface area contributed by atoms with Crippen molar-refractivity contribution in [3.05, 3.63) is 131 Å². The van der Waals surface area contributed by atoms with Crippen LogP contribution in [0.2, 0.25) is 0 Å². The second-order valence-electron chi connectivity index (χ2n) is 16.8. The summed E-state index contributed by atoms with van der Waals surface area (Å²) in [7, 11) is 0. The summed E-state index contributed by atoms with van der Waals surface area (Å²) in [6, 6.07) is 35.5. The second kappa shape index (κ2) is 32.1. The largest absolute Gasteiger partial charge is 0.494 e. The van der Waals surface area contributed by atoms with E-state index in [-0.39, 0.29) is 11.8 Å². The van der Waals surface area contributed by atoms with E-state index in [9.17, 15) is 9.59 Å². The molecule has 0 unspecified atom stereocenters. The van der Waals surface area contributed by atoms with Crippen molar-refractivity contribution in [2.24, 2.45) is 0 Å². The third-order valence-electron chi connectivity index (χ3n) is 11.4. The van der Waals surface area contributed by atoms with Gasteiger partial charge in [-0.3, -0.25) is 9.59 Å². The minimum atomic E-state index is -0.444. The van der Waals surface area contributed by atoms with E-state index in [1.54, 1.807) is 0 Å². The second-order valence-corrected chi connectivity index (χ2v) is 16.8. The highest BCUT2D eigenvalue weighted by atomic mass is 16.5. The molecule has 4 rings (SSSR count). The summed E-state index contributed by atoms with van der Waals surface area (Å²) in [5.74, 6) is 1.56. The molecular weight excluding hydrogens is 769 g/mol. The standard InChI is InChI=1S/C54H78N4O4/c1-3-5-7-9-11-13-15-23-39-61-49-33-29-47(30-34-49)43-57-51(41-45-25-19-17-20-26-45)53(59)55-37-38-56-54(60)52(42-46-27-21-18-22-28-46)58-44-48-31-35-50(36-32-48)62-40-24-16-14-12-10-8-6-4-2/h17-22,25-36,51-52,57-58H,3-16,23-24,37-44H2,1-2H3,(H,55,59)(H,56,60)/t51-,52-/m0/s1. The van der Waals surface area contributed by atoms with Crippen molar-refractivity contribution in [1.82, 2.24) is 21.3 Å². The minimum absolute atomic E-state index is 0.0994. The fourth-order valence-corrected chi connectivity index (χ4v) is 7.57. The van der Waals surface area contributed by atoms with Gasteiger partial charge in [0.15, 0.2) is 0 Å². The average molecular weight is 847 g/mol. The molecule has 0 aliphatic carbocycles. The molecule has 0 saturated heterocycles. The Morgan fingerprint density at radius 3 is 1.11 bits per heavy atom. The first kappa shape index (κ1) is 50.0. The van der Waals surface area contributed by atoms with Crippen LogP contribution in [-0.4, -0.2) is 50.2 Å². The van der Waals surface area contributed by atoms with Crippen molar-refractivity contribution in [1.29, 1.82) is 0 Å². The zero-order valence-electron chi connectivity index (χ0n) is 38.2. The number of unbranched alkanes of at least 4 members (excludes halogenated alkanes) is 14. The van der Waals surface area contributed by atoms with Crippen LogP contribution in [0.3, 0.4) is 0 Å². The zero-order chi connectivity index (χ0) is 43.7. The number of carbonyl (C=O) groups is 2. The van der Waals surface area contributed by atoms with Gasteiger partial charge in [-0.05, 0) is 72.2 Å². The van der Waals surface area contributed by atoms with Crippen LogP contribution in [-0.2, 0) is 35.5 Å². The Labute approximate surface area is 374 Å². The van der Waals surface area contributed by atoms with Crippen LogP contribution >= 0.6 is 0 Å². The summed E-state index contributed by atoms with van der Waals surface area (Å²) in [5.41, 5.74) is 4.32. The number of hydrogen-bond donors (Lipinski definition) is 4. The quantitative estimate of drug-likeness (QED) is 0.0344. The van der Waals surface area contributed by atoms with Gasteiger partial charge in [0.25, 0.3) is 0 Å². The first-order valence-electron chi connectivity index (χ1n) is 24.1.